The SMILES string of the molecule is C=CC(=O)NC(C)N. The topological polar surface area (TPSA) is 55.1 Å². The number of hydrogen-bond donors (Lipinski definition) is 2. The molecule has 1 unspecified atom stereocenters. The van der Waals surface area contributed by atoms with Crippen molar-refractivity contribution in [1.82, 2.24) is 5.32 Å². The van der Waals surface area contributed by atoms with Gasteiger partial charge in [-0.25, -0.2) is 0 Å². The largest absolute Gasteiger partial charge is 0.338 e. The van der Waals surface area contributed by atoms with E-state index < -0.39 is 0 Å². The summed E-state index contributed by atoms with van der Waals surface area (Å²) in [6, 6.07) is 0. The van der Waals surface area contributed by atoms with E-state index >= 15 is 0 Å². The fourth-order valence-electron chi connectivity index (χ4n) is 0.283. The molecular weight excluding hydrogens is 104 g/mol. The Labute approximate surface area is 48.6 Å². The molecule has 3 nitrogen and oxygen atoms in total. The second-order valence-corrected chi connectivity index (χ2v) is 1.50. The summed E-state index contributed by atoms with van der Waals surface area (Å²) in [6.45, 7) is 4.93. The molecule has 8 heavy (non-hydrogen) atoms. The van der Waals surface area contributed by atoms with Crippen LogP contribution in [0, 0.1) is 0 Å². The van der Waals surface area contributed by atoms with Gasteiger partial charge in [0.25, 0.3) is 0 Å². The first kappa shape index (κ1) is 7.17. The Hall–Kier alpha value is -0.830. The van der Waals surface area contributed by atoms with Gasteiger partial charge in [0, 0.05) is 0 Å². The van der Waals surface area contributed by atoms with Crippen LogP contribution in [0.4, 0.5) is 0 Å². The van der Waals surface area contributed by atoms with Gasteiger partial charge in [-0.1, -0.05) is 6.58 Å². The third kappa shape index (κ3) is 3.36. The lowest BCUT2D eigenvalue weighted by atomic mass is 10.5. The maximum atomic E-state index is 10.3. The zero-order valence-electron chi connectivity index (χ0n) is 4.85. The number of nitrogens with one attached hydrogen (secondary N) is 1. The van der Waals surface area contributed by atoms with Gasteiger partial charge in [-0.15, -0.1) is 0 Å². The Balaban J connectivity index is 3.39. The van der Waals surface area contributed by atoms with Crippen LogP contribution in [0.5, 0.6) is 0 Å². The fraction of sp³-hybridized carbons (Fsp3) is 0.400. The summed E-state index contributed by atoms with van der Waals surface area (Å²) in [5.74, 6) is -0.236. The molecule has 0 bridgehead atoms. The first-order chi connectivity index (χ1) is 3.66. The number of hydrogen-bond acceptors (Lipinski definition) is 2. The van der Waals surface area contributed by atoms with Gasteiger partial charge in [-0.2, -0.15) is 0 Å². The number of carbonyl (C=O) groups excluding carboxylic acids is 1. The predicted molar refractivity (Wildman–Crippen MR) is 32.0 cm³/mol. The Bertz CT molecular complexity index is 98.6. The van der Waals surface area contributed by atoms with Crippen molar-refractivity contribution in [2.24, 2.45) is 5.73 Å². The zero-order valence-corrected chi connectivity index (χ0v) is 4.85. The molecule has 0 aromatic carbocycles. The molecule has 0 heterocycles. The quantitative estimate of drug-likeness (QED) is 0.379. The van der Waals surface area contributed by atoms with E-state index in [1.807, 2.05) is 0 Å². The monoisotopic (exact) mass is 114 g/mol. The minimum Gasteiger partial charge on any atom is -0.338 e. The van der Waals surface area contributed by atoms with Gasteiger partial charge >= 0.3 is 0 Å². The number of carbonyl (C=O) groups is 1. The maximum Gasteiger partial charge on any atom is 0.244 e. The molecule has 1 atom stereocenters. The molecule has 0 aromatic heterocycles. The van der Waals surface area contributed by atoms with Gasteiger partial charge < -0.3 is 11.1 Å². The van der Waals surface area contributed by atoms with E-state index in [1.165, 1.54) is 6.08 Å². The van der Waals surface area contributed by atoms with Crippen LogP contribution in [-0.4, -0.2) is 12.1 Å². The summed E-state index contributed by atoms with van der Waals surface area (Å²) in [7, 11) is 0. The van der Waals surface area contributed by atoms with Crippen LogP contribution in [0.15, 0.2) is 12.7 Å². The molecule has 3 heteroatoms. The molecule has 3 N–H and O–H groups in total. The molecule has 0 fully saturated rings. The van der Waals surface area contributed by atoms with Crippen molar-refractivity contribution in [3.8, 4) is 0 Å². The Morgan fingerprint density at radius 2 is 2.50 bits per heavy atom. The van der Waals surface area contributed by atoms with Crippen molar-refractivity contribution >= 4 is 5.91 Å². The lowest BCUT2D eigenvalue weighted by molar-refractivity contribution is -0.117. The fourth-order valence-corrected chi connectivity index (χ4v) is 0.283. The minimum absolute atomic E-state index is 0.236. The Kier molecular flexibility index (Phi) is 2.88. The summed E-state index contributed by atoms with van der Waals surface area (Å²) in [6.07, 6.45) is 0.893. The van der Waals surface area contributed by atoms with Crippen molar-refractivity contribution in [3.05, 3.63) is 12.7 Å². The minimum atomic E-state index is -0.291. The van der Waals surface area contributed by atoms with Gasteiger partial charge in [0.1, 0.15) is 0 Å². The summed E-state index contributed by atoms with van der Waals surface area (Å²) in [5, 5.41) is 2.41. The third-order valence-electron chi connectivity index (χ3n) is 0.555. The summed E-state index contributed by atoms with van der Waals surface area (Å²) >= 11 is 0. The van der Waals surface area contributed by atoms with Crippen molar-refractivity contribution in [2.45, 2.75) is 13.1 Å². The molecular formula is C5H10N2O. The van der Waals surface area contributed by atoms with Crippen molar-refractivity contribution < 1.29 is 4.79 Å². The molecule has 0 aliphatic carbocycles. The molecule has 0 spiro atoms. The molecule has 0 saturated carbocycles. The van der Waals surface area contributed by atoms with Crippen LogP contribution in [0.25, 0.3) is 0 Å². The first-order valence-corrected chi connectivity index (χ1v) is 2.35. The van der Waals surface area contributed by atoms with E-state index in [9.17, 15) is 4.79 Å². The summed E-state index contributed by atoms with van der Waals surface area (Å²) in [5.41, 5.74) is 5.19. The van der Waals surface area contributed by atoms with Crippen molar-refractivity contribution in [1.29, 1.82) is 0 Å². The maximum absolute atomic E-state index is 10.3. The molecule has 0 aromatic rings. The van der Waals surface area contributed by atoms with Crippen LogP contribution in [0.1, 0.15) is 6.92 Å². The lowest BCUT2D eigenvalue weighted by Gasteiger charge is -2.03. The van der Waals surface area contributed by atoms with Crippen LogP contribution in [0.2, 0.25) is 0 Å². The van der Waals surface area contributed by atoms with Crippen LogP contribution >= 0.6 is 0 Å². The highest BCUT2D eigenvalue weighted by Gasteiger charge is 1.93. The van der Waals surface area contributed by atoms with Gasteiger partial charge in [0.05, 0.1) is 6.17 Å². The van der Waals surface area contributed by atoms with E-state index in [-0.39, 0.29) is 12.1 Å². The third-order valence-corrected chi connectivity index (χ3v) is 0.555. The van der Waals surface area contributed by atoms with Gasteiger partial charge in [-0.05, 0) is 13.0 Å². The second-order valence-electron chi connectivity index (χ2n) is 1.50. The number of rotatable bonds is 2. The van der Waals surface area contributed by atoms with Crippen molar-refractivity contribution in [2.75, 3.05) is 0 Å². The molecule has 46 valence electrons. The summed E-state index contributed by atoms with van der Waals surface area (Å²) in [4.78, 5) is 10.3. The zero-order chi connectivity index (χ0) is 6.57. The number of nitrogens with two attached hydrogens (primary N) is 1. The van der Waals surface area contributed by atoms with E-state index in [2.05, 4.69) is 11.9 Å². The molecule has 0 aliphatic heterocycles. The van der Waals surface area contributed by atoms with Crippen LogP contribution in [0.3, 0.4) is 0 Å². The average molecular weight is 114 g/mol. The van der Waals surface area contributed by atoms with Crippen LogP contribution in [-0.2, 0) is 4.79 Å². The molecule has 0 radical (unpaired) electrons. The second kappa shape index (κ2) is 3.21. The van der Waals surface area contributed by atoms with Gasteiger partial charge in [0.15, 0.2) is 0 Å². The average Bonchev–Trinajstić information content (AvgIpc) is 1.65. The van der Waals surface area contributed by atoms with E-state index in [1.54, 1.807) is 6.92 Å². The first-order valence-electron chi connectivity index (χ1n) is 2.35. The number of amides is 1. The Morgan fingerprint density at radius 1 is 2.00 bits per heavy atom. The molecule has 0 aliphatic rings. The molecule has 0 saturated heterocycles. The van der Waals surface area contributed by atoms with Crippen LogP contribution < -0.4 is 11.1 Å². The normalized spacial score (nSPS) is 12.2. The van der Waals surface area contributed by atoms with E-state index in [0.29, 0.717) is 0 Å². The standard InChI is InChI=1S/C5H10N2O/c1-3-5(8)7-4(2)6/h3-4H,1,6H2,2H3,(H,7,8). The van der Waals surface area contributed by atoms with E-state index in [0.717, 1.165) is 0 Å². The van der Waals surface area contributed by atoms with E-state index in [4.69, 9.17) is 5.73 Å². The highest BCUT2D eigenvalue weighted by Crippen LogP contribution is 1.67. The summed E-state index contributed by atoms with van der Waals surface area (Å²) < 4.78 is 0. The molecule has 1 amide bonds. The van der Waals surface area contributed by atoms with Crippen molar-refractivity contribution in [3.63, 3.8) is 0 Å². The molecule has 0 rings (SSSR count). The lowest BCUT2D eigenvalue weighted by Crippen LogP contribution is -2.37. The van der Waals surface area contributed by atoms with Gasteiger partial charge in [0.2, 0.25) is 5.91 Å². The Morgan fingerprint density at radius 3 is 2.62 bits per heavy atom. The van der Waals surface area contributed by atoms with Gasteiger partial charge in [-0.3, -0.25) is 4.79 Å². The predicted octanol–water partition coefficient (Wildman–Crippen LogP) is -0.407. The highest BCUT2D eigenvalue weighted by atomic mass is 16.1. The highest BCUT2D eigenvalue weighted by molar-refractivity contribution is 5.86. The smallest absolute Gasteiger partial charge is 0.244 e.